The summed E-state index contributed by atoms with van der Waals surface area (Å²) < 4.78 is 0. The first-order chi connectivity index (χ1) is 15.0. The third kappa shape index (κ3) is 6.11. The molecule has 2 amide bonds. The number of aromatic nitrogens is 1. The fourth-order valence-electron chi connectivity index (χ4n) is 2.72. The van der Waals surface area contributed by atoms with E-state index in [9.17, 15) is 9.59 Å². The molecular weight excluding hydrogens is 390 g/mol. The molecule has 7 nitrogen and oxygen atoms in total. The van der Waals surface area contributed by atoms with Crippen LogP contribution in [0, 0.1) is 0 Å². The Balaban J connectivity index is 1.60. The van der Waals surface area contributed by atoms with Gasteiger partial charge in [0.15, 0.2) is 0 Å². The van der Waals surface area contributed by atoms with Crippen molar-refractivity contribution in [1.29, 1.82) is 0 Å². The van der Waals surface area contributed by atoms with Gasteiger partial charge in [0, 0.05) is 38.4 Å². The maximum Gasteiger partial charge on any atom is 0.273 e. The van der Waals surface area contributed by atoms with Gasteiger partial charge in [-0.1, -0.05) is 30.3 Å². The number of nitrogens with one attached hydrogen (secondary N) is 2. The van der Waals surface area contributed by atoms with Gasteiger partial charge in [0.1, 0.15) is 0 Å². The first kappa shape index (κ1) is 21.4. The van der Waals surface area contributed by atoms with Crippen molar-refractivity contribution >= 4 is 35.5 Å². The van der Waals surface area contributed by atoms with Crippen molar-refractivity contribution in [2.24, 2.45) is 5.10 Å². The normalized spacial score (nSPS) is 10.9. The monoisotopic (exact) mass is 413 g/mol. The van der Waals surface area contributed by atoms with Gasteiger partial charge >= 0.3 is 0 Å². The molecule has 31 heavy (non-hydrogen) atoms. The van der Waals surface area contributed by atoms with E-state index < -0.39 is 5.91 Å². The molecule has 0 atom stereocenters. The summed E-state index contributed by atoms with van der Waals surface area (Å²) in [6, 6.07) is 18.1. The van der Waals surface area contributed by atoms with Crippen LogP contribution in [0.15, 0.2) is 84.2 Å². The Morgan fingerprint density at radius 1 is 0.968 bits per heavy atom. The zero-order valence-electron chi connectivity index (χ0n) is 17.3. The van der Waals surface area contributed by atoms with Crippen molar-refractivity contribution in [2.75, 3.05) is 24.3 Å². The van der Waals surface area contributed by atoms with Crippen LogP contribution in [0.3, 0.4) is 0 Å². The smallest absolute Gasteiger partial charge is 0.273 e. The average molecular weight is 413 g/mol. The van der Waals surface area contributed by atoms with Crippen LogP contribution in [0.5, 0.6) is 0 Å². The first-order valence-corrected chi connectivity index (χ1v) is 9.62. The summed E-state index contributed by atoms with van der Waals surface area (Å²) in [6.45, 7) is 0. The second-order valence-corrected chi connectivity index (χ2v) is 6.81. The molecule has 1 heterocycles. The molecule has 0 aliphatic heterocycles. The number of hydrogen-bond acceptors (Lipinski definition) is 5. The minimum Gasteiger partial charge on any atom is -0.378 e. The van der Waals surface area contributed by atoms with E-state index in [0.717, 1.165) is 11.3 Å². The van der Waals surface area contributed by atoms with Crippen molar-refractivity contribution in [3.63, 3.8) is 0 Å². The number of nitrogens with zero attached hydrogens (tertiary/aromatic N) is 3. The molecule has 2 aromatic carbocycles. The van der Waals surface area contributed by atoms with Gasteiger partial charge < -0.3 is 10.2 Å². The minimum atomic E-state index is -0.429. The van der Waals surface area contributed by atoms with Crippen molar-refractivity contribution in [1.82, 2.24) is 10.4 Å². The van der Waals surface area contributed by atoms with Crippen molar-refractivity contribution < 1.29 is 9.59 Å². The molecule has 0 saturated carbocycles. The van der Waals surface area contributed by atoms with Crippen LogP contribution in [-0.2, 0) is 0 Å². The Bertz CT molecular complexity index is 1090. The number of rotatable bonds is 7. The predicted octanol–water partition coefficient (Wildman–Crippen LogP) is 3.83. The Morgan fingerprint density at radius 2 is 1.74 bits per heavy atom. The van der Waals surface area contributed by atoms with E-state index in [-0.39, 0.29) is 5.91 Å². The van der Waals surface area contributed by atoms with E-state index in [2.05, 4.69) is 20.8 Å². The topological polar surface area (TPSA) is 86.7 Å². The van der Waals surface area contributed by atoms with Gasteiger partial charge in [-0.2, -0.15) is 5.10 Å². The van der Waals surface area contributed by atoms with Gasteiger partial charge in [-0.3, -0.25) is 14.6 Å². The number of hydrogen-bond donors (Lipinski definition) is 2. The molecule has 3 rings (SSSR count). The lowest BCUT2D eigenvalue weighted by Crippen LogP contribution is -2.21. The van der Waals surface area contributed by atoms with Gasteiger partial charge in [-0.05, 0) is 48.0 Å². The average Bonchev–Trinajstić information content (AvgIpc) is 2.80. The van der Waals surface area contributed by atoms with E-state index in [1.54, 1.807) is 48.7 Å². The van der Waals surface area contributed by atoms with Crippen molar-refractivity contribution in [3.05, 3.63) is 95.8 Å². The van der Waals surface area contributed by atoms with E-state index in [4.69, 9.17) is 0 Å². The van der Waals surface area contributed by atoms with Crippen LogP contribution >= 0.6 is 0 Å². The lowest BCUT2D eigenvalue weighted by Gasteiger charge is -2.11. The fourth-order valence-corrected chi connectivity index (χ4v) is 2.72. The number of pyridine rings is 1. The highest BCUT2D eigenvalue weighted by Gasteiger charge is 2.13. The second kappa shape index (κ2) is 10.5. The van der Waals surface area contributed by atoms with Crippen LogP contribution in [0.25, 0.3) is 6.08 Å². The van der Waals surface area contributed by atoms with Crippen LogP contribution in [0.1, 0.15) is 26.3 Å². The molecule has 0 spiro atoms. The fraction of sp³-hybridized carbons (Fsp3) is 0.0833. The van der Waals surface area contributed by atoms with Gasteiger partial charge in [0.25, 0.3) is 11.8 Å². The number of benzene rings is 2. The molecule has 0 aliphatic carbocycles. The van der Waals surface area contributed by atoms with Crippen LogP contribution in [0.2, 0.25) is 0 Å². The summed E-state index contributed by atoms with van der Waals surface area (Å²) in [7, 11) is 3.98. The van der Waals surface area contributed by atoms with Gasteiger partial charge in [-0.25, -0.2) is 5.43 Å². The zero-order chi connectivity index (χ0) is 22.1. The molecule has 0 bridgehead atoms. The lowest BCUT2D eigenvalue weighted by atomic mass is 10.1. The molecule has 3 aromatic rings. The largest absolute Gasteiger partial charge is 0.378 e. The van der Waals surface area contributed by atoms with Crippen LogP contribution in [-0.4, -0.2) is 37.1 Å². The SMILES string of the molecule is CN(C)c1ccc(/C=C/C=N/NC(=O)c2ccccc2NC(=O)c2cccnc2)cc1. The molecule has 0 saturated heterocycles. The summed E-state index contributed by atoms with van der Waals surface area (Å²) >= 11 is 0. The van der Waals surface area contributed by atoms with E-state index in [0.29, 0.717) is 16.8 Å². The lowest BCUT2D eigenvalue weighted by molar-refractivity contribution is 0.0956. The minimum absolute atomic E-state index is 0.306. The summed E-state index contributed by atoms with van der Waals surface area (Å²) in [5.74, 6) is -0.776. The Hall–Kier alpha value is -4.26. The highest BCUT2D eigenvalue weighted by atomic mass is 16.2. The quantitative estimate of drug-likeness (QED) is 0.455. The summed E-state index contributed by atoms with van der Waals surface area (Å²) in [6.07, 6.45) is 8.17. The number of para-hydroxylation sites is 1. The van der Waals surface area contributed by atoms with E-state index in [1.165, 1.54) is 12.4 Å². The molecule has 0 fully saturated rings. The maximum atomic E-state index is 12.5. The molecule has 0 aliphatic rings. The number of hydrazone groups is 1. The third-order valence-corrected chi connectivity index (χ3v) is 4.37. The van der Waals surface area contributed by atoms with Crippen LogP contribution < -0.4 is 15.6 Å². The maximum absolute atomic E-state index is 12.5. The predicted molar refractivity (Wildman–Crippen MR) is 124 cm³/mol. The number of allylic oxidation sites excluding steroid dienone is 1. The van der Waals surface area contributed by atoms with Crippen molar-refractivity contribution in [2.45, 2.75) is 0 Å². The molecule has 0 unspecified atom stereocenters. The number of carbonyl (C=O) groups excluding carboxylic acids is 2. The second-order valence-electron chi connectivity index (χ2n) is 6.81. The van der Waals surface area contributed by atoms with Crippen LogP contribution in [0.4, 0.5) is 11.4 Å². The number of carbonyl (C=O) groups is 2. The summed E-state index contributed by atoms with van der Waals surface area (Å²) in [4.78, 5) is 30.8. The summed E-state index contributed by atoms with van der Waals surface area (Å²) in [5, 5.41) is 6.68. The van der Waals surface area contributed by atoms with E-state index in [1.807, 2.05) is 49.3 Å². The van der Waals surface area contributed by atoms with Gasteiger partial charge in [-0.15, -0.1) is 0 Å². The highest BCUT2D eigenvalue weighted by Crippen LogP contribution is 2.16. The Labute approximate surface area is 181 Å². The molecule has 0 radical (unpaired) electrons. The Kier molecular flexibility index (Phi) is 7.26. The number of amides is 2. The molecule has 7 heteroatoms. The zero-order valence-corrected chi connectivity index (χ0v) is 17.3. The first-order valence-electron chi connectivity index (χ1n) is 9.62. The highest BCUT2D eigenvalue weighted by molar-refractivity contribution is 6.08. The third-order valence-electron chi connectivity index (χ3n) is 4.37. The standard InChI is InChI=1S/C24H23N5O2/c1-29(2)20-13-11-18(12-14-20)7-5-16-26-28-24(31)21-9-3-4-10-22(21)27-23(30)19-8-6-15-25-17-19/h3-17H,1-2H3,(H,27,30)(H,28,31)/b7-5+,26-16+. The van der Waals surface area contributed by atoms with Gasteiger partial charge in [0.05, 0.1) is 16.8 Å². The Morgan fingerprint density at radius 3 is 2.45 bits per heavy atom. The molecule has 2 N–H and O–H groups in total. The van der Waals surface area contributed by atoms with Crippen molar-refractivity contribution in [3.8, 4) is 0 Å². The van der Waals surface area contributed by atoms with E-state index >= 15 is 0 Å². The summed E-state index contributed by atoms with van der Waals surface area (Å²) in [5.41, 5.74) is 5.71. The number of anilines is 2. The molecule has 1 aromatic heterocycles. The molecular formula is C24H23N5O2. The van der Waals surface area contributed by atoms with Gasteiger partial charge in [0.2, 0.25) is 0 Å². The molecule has 156 valence electrons.